The average molecular weight is 273 g/mol. The van der Waals surface area contributed by atoms with Gasteiger partial charge in [0.05, 0.1) is 4.88 Å². The van der Waals surface area contributed by atoms with Crippen LogP contribution in [0.15, 0.2) is 15.9 Å². The summed E-state index contributed by atoms with van der Waals surface area (Å²) in [5.74, 6) is 1.29. The van der Waals surface area contributed by atoms with Gasteiger partial charge in [-0.05, 0) is 64.9 Å². The van der Waals surface area contributed by atoms with Crippen LogP contribution < -0.4 is 0 Å². The predicted octanol–water partition coefficient (Wildman–Crippen LogP) is 3.52. The fourth-order valence-corrected chi connectivity index (χ4v) is 5.09. The highest BCUT2D eigenvalue weighted by atomic mass is 79.9. The Bertz CT molecular complexity index is 362. The minimum Gasteiger partial charge on any atom is -0.384 e. The summed E-state index contributed by atoms with van der Waals surface area (Å²) >= 11 is 5.22. The van der Waals surface area contributed by atoms with Crippen LogP contribution in [0.2, 0.25) is 0 Å². The zero-order valence-electron chi connectivity index (χ0n) is 7.87. The number of hydrogen-bond donors (Lipinski definition) is 1. The molecule has 1 heterocycles. The van der Waals surface area contributed by atoms with E-state index in [-0.39, 0.29) is 0 Å². The van der Waals surface area contributed by atoms with Crippen molar-refractivity contribution in [2.45, 2.75) is 31.3 Å². The third-order valence-electron chi connectivity index (χ3n) is 3.83. The van der Waals surface area contributed by atoms with Crippen molar-refractivity contribution in [3.63, 3.8) is 0 Å². The molecule has 3 atom stereocenters. The second-order valence-electron chi connectivity index (χ2n) is 4.60. The molecule has 1 N–H and O–H groups in total. The van der Waals surface area contributed by atoms with Crippen molar-refractivity contribution in [3.8, 4) is 0 Å². The van der Waals surface area contributed by atoms with Crippen molar-refractivity contribution >= 4 is 27.3 Å². The highest BCUT2D eigenvalue weighted by Gasteiger charge is 2.52. The third-order valence-corrected chi connectivity index (χ3v) is 5.83. The van der Waals surface area contributed by atoms with E-state index < -0.39 is 5.60 Å². The molecule has 2 bridgehead atoms. The van der Waals surface area contributed by atoms with Crippen LogP contribution in [-0.4, -0.2) is 5.11 Å². The van der Waals surface area contributed by atoms with Gasteiger partial charge in [-0.2, -0.15) is 0 Å². The van der Waals surface area contributed by atoms with Crippen molar-refractivity contribution in [1.82, 2.24) is 0 Å². The number of aliphatic hydroxyl groups is 1. The van der Waals surface area contributed by atoms with Crippen molar-refractivity contribution in [1.29, 1.82) is 0 Å². The van der Waals surface area contributed by atoms with Crippen LogP contribution in [0.3, 0.4) is 0 Å². The summed E-state index contributed by atoms with van der Waals surface area (Å²) in [6.45, 7) is 0. The monoisotopic (exact) mass is 272 g/mol. The van der Waals surface area contributed by atoms with Gasteiger partial charge in [-0.1, -0.05) is 0 Å². The highest BCUT2D eigenvalue weighted by Crippen LogP contribution is 2.57. The van der Waals surface area contributed by atoms with Crippen molar-refractivity contribution in [2.24, 2.45) is 11.8 Å². The van der Waals surface area contributed by atoms with Crippen LogP contribution in [0.25, 0.3) is 0 Å². The van der Waals surface area contributed by atoms with Crippen LogP contribution in [-0.2, 0) is 5.60 Å². The first-order valence-corrected chi connectivity index (χ1v) is 6.83. The van der Waals surface area contributed by atoms with Gasteiger partial charge in [-0.3, -0.25) is 0 Å². The molecule has 0 spiro atoms. The SMILES string of the molecule is OC1(c2sccc2Br)CC2CCC1C2. The number of hydrogen-bond acceptors (Lipinski definition) is 2. The molecule has 3 rings (SSSR count). The fourth-order valence-electron chi connectivity index (χ4n) is 3.18. The molecule has 1 nitrogen and oxygen atoms in total. The lowest BCUT2D eigenvalue weighted by atomic mass is 9.83. The van der Waals surface area contributed by atoms with E-state index in [2.05, 4.69) is 21.3 Å². The fraction of sp³-hybridized carbons (Fsp3) is 0.636. The van der Waals surface area contributed by atoms with E-state index in [1.54, 1.807) is 11.3 Å². The maximum atomic E-state index is 10.7. The summed E-state index contributed by atoms with van der Waals surface area (Å²) < 4.78 is 1.09. The predicted molar refractivity (Wildman–Crippen MR) is 61.4 cm³/mol. The Morgan fingerprint density at radius 1 is 1.50 bits per heavy atom. The summed E-state index contributed by atoms with van der Waals surface area (Å²) in [5.41, 5.74) is -0.504. The lowest BCUT2D eigenvalue weighted by Crippen LogP contribution is -2.31. The molecule has 2 saturated carbocycles. The van der Waals surface area contributed by atoms with Gasteiger partial charge in [0.1, 0.15) is 5.60 Å². The molecule has 3 heteroatoms. The topological polar surface area (TPSA) is 20.2 Å². The summed E-state index contributed by atoms with van der Waals surface area (Å²) in [7, 11) is 0. The summed E-state index contributed by atoms with van der Waals surface area (Å²) in [5, 5.41) is 12.8. The molecule has 14 heavy (non-hydrogen) atoms. The Balaban J connectivity index is 2.02. The molecule has 76 valence electrons. The first kappa shape index (κ1) is 9.37. The standard InChI is InChI=1S/C11H13BrOS/c12-9-3-4-14-10(9)11(13)6-7-1-2-8(11)5-7/h3-4,7-8,13H,1-2,5-6H2. The maximum Gasteiger partial charge on any atom is 0.103 e. The Morgan fingerprint density at radius 2 is 2.36 bits per heavy atom. The normalized spacial score (nSPS) is 40.7. The van der Waals surface area contributed by atoms with E-state index >= 15 is 0 Å². The van der Waals surface area contributed by atoms with Gasteiger partial charge in [0.25, 0.3) is 0 Å². The number of fused-ring (bicyclic) bond motifs is 2. The molecule has 1 aromatic rings. The van der Waals surface area contributed by atoms with Crippen LogP contribution in [0.5, 0.6) is 0 Å². The lowest BCUT2D eigenvalue weighted by Gasteiger charge is -2.31. The summed E-state index contributed by atoms with van der Waals surface area (Å²) in [6, 6.07) is 2.05. The summed E-state index contributed by atoms with van der Waals surface area (Å²) in [4.78, 5) is 1.16. The van der Waals surface area contributed by atoms with Gasteiger partial charge >= 0.3 is 0 Å². The second-order valence-corrected chi connectivity index (χ2v) is 6.37. The van der Waals surface area contributed by atoms with E-state index in [1.807, 2.05) is 6.07 Å². The van der Waals surface area contributed by atoms with Gasteiger partial charge in [-0.15, -0.1) is 11.3 Å². The largest absolute Gasteiger partial charge is 0.384 e. The maximum absolute atomic E-state index is 10.7. The van der Waals surface area contributed by atoms with Crippen LogP contribution in [0, 0.1) is 11.8 Å². The number of halogens is 1. The molecule has 1 aromatic heterocycles. The van der Waals surface area contributed by atoms with E-state index in [9.17, 15) is 5.11 Å². The first-order chi connectivity index (χ1) is 6.70. The quantitative estimate of drug-likeness (QED) is 0.830. The zero-order chi connectivity index (χ0) is 9.76. The van der Waals surface area contributed by atoms with Gasteiger partial charge in [-0.25, -0.2) is 0 Å². The van der Waals surface area contributed by atoms with Crippen molar-refractivity contribution in [2.75, 3.05) is 0 Å². The van der Waals surface area contributed by atoms with E-state index in [4.69, 9.17) is 0 Å². The minimum atomic E-state index is -0.504. The molecule has 0 saturated heterocycles. The van der Waals surface area contributed by atoms with Gasteiger partial charge < -0.3 is 5.11 Å². The Kier molecular flexibility index (Phi) is 2.05. The Morgan fingerprint density at radius 3 is 2.86 bits per heavy atom. The average Bonchev–Trinajstić information content (AvgIpc) is 2.78. The van der Waals surface area contributed by atoms with Crippen molar-refractivity contribution < 1.29 is 5.11 Å². The van der Waals surface area contributed by atoms with Crippen LogP contribution in [0.4, 0.5) is 0 Å². The molecule has 0 aliphatic heterocycles. The smallest absolute Gasteiger partial charge is 0.103 e. The number of rotatable bonds is 1. The van der Waals surface area contributed by atoms with Crippen LogP contribution >= 0.6 is 27.3 Å². The molecule has 0 aromatic carbocycles. The molecule has 0 amide bonds. The van der Waals surface area contributed by atoms with E-state index in [0.717, 1.165) is 21.7 Å². The van der Waals surface area contributed by atoms with Gasteiger partial charge in [0.2, 0.25) is 0 Å². The molecule has 2 aliphatic rings. The molecule has 2 fully saturated rings. The molecule has 3 unspecified atom stereocenters. The zero-order valence-corrected chi connectivity index (χ0v) is 10.3. The summed E-state index contributed by atoms with van der Waals surface area (Å²) in [6.07, 6.45) is 4.76. The van der Waals surface area contributed by atoms with E-state index in [1.165, 1.54) is 19.3 Å². The molecule has 2 aliphatic carbocycles. The Labute approximate surface area is 96.3 Å². The lowest BCUT2D eigenvalue weighted by molar-refractivity contribution is -0.0154. The second kappa shape index (κ2) is 3.06. The van der Waals surface area contributed by atoms with Crippen molar-refractivity contribution in [3.05, 3.63) is 20.8 Å². The highest BCUT2D eigenvalue weighted by molar-refractivity contribution is 9.10. The number of thiophene rings is 1. The molecular formula is C11H13BrOS. The van der Waals surface area contributed by atoms with Gasteiger partial charge in [0, 0.05) is 4.47 Å². The molecular weight excluding hydrogens is 260 g/mol. The third kappa shape index (κ3) is 1.15. The van der Waals surface area contributed by atoms with Crippen LogP contribution in [0.1, 0.15) is 30.6 Å². The Hall–Kier alpha value is 0.140. The minimum absolute atomic E-state index is 0.504. The van der Waals surface area contributed by atoms with E-state index in [0.29, 0.717) is 5.92 Å². The first-order valence-electron chi connectivity index (χ1n) is 5.16. The molecule has 0 radical (unpaired) electrons. The van der Waals surface area contributed by atoms with Gasteiger partial charge in [0.15, 0.2) is 0 Å².